The van der Waals surface area contributed by atoms with Crippen molar-refractivity contribution < 1.29 is 24.3 Å². The molecule has 2 aromatic rings. The van der Waals surface area contributed by atoms with Crippen LogP contribution in [0.5, 0.6) is 11.6 Å². The number of carbonyl (C=O) groups is 1. The standard InChI is InChI=1S/C17H20BN3O5/c1-10-13(5-4-11-8-25-18(24)15(10)11)26-14-7-19-12(6-20-14)16(23)21-17(2,3)9-22/h4-7,22,24H,8-9H2,1-3H3,(H,21,23). The van der Waals surface area contributed by atoms with Crippen LogP contribution < -0.4 is 15.5 Å². The zero-order valence-corrected chi connectivity index (χ0v) is 14.8. The minimum atomic E-state index is -0.958. The number of nitrogens with zero attached hydrogens (tertiary/aromatic N) is 2. The van der Waals surface area contributed by atoms with E-state index in [0.29, 0.717) is 17.8 Å². The summed E-state index contributed by atoms with van der Waals surface area (Å²) in [6.07, 6.45) is 2.65. The van der Waals surface area contributed by atoms with E-state index in [-0.39, 0.29) is 18.2 Å². The van der Waals surface area contributed by atoms with Gasteiger partial charge in [-0.2, -0.15) is 0 Å². The van der Waals surface area contributed by atoms with E-state index in [1.165, 1.54) is 12.4 Å². The van der Waals surface area contributed by atoms with Crippen molar-refractivity contribution in [3.63, 3.8) is 0 Å². The number of aliphatic hydroxyl groups is 1. The molecule has 1 aromatic carbocycles. The highest BCUT2D eigenvalue weighted by molar-refractivity contribution is 6.62. The average molecular weight is 357 g/mol. The Bertz CT molecular complexity index is 826. The van der Waals surface area contributed by atoms with E-state index in [1.807, 2.05) is 13.0 Å². The lowest BCUT2D eigenvalue weighted by molar-refractivity contribution is 0.0863. The number of amides is 1. The summed E-state index contributed by atoms with van der Waals surface area (Å²) < 4.78 is 10.9. The minimum absolute atomic E-state index is 0.119. The number of aliphatic hydroxyl groups excluding tert-OH is 1. The van der Waals surface area contributed by atoms with Gasteiger partial charge in [0.1, 0.15) is 11.4 Å². The first kappa shape index (κ1) is 18.3. The molecule has 1 aliphatic rings. The topological polar surface area (TPSA) is 114 Å². The molecule has 26 heavy (non-hydrogen) atoms. The Kier molecular flexibility index (Phi) is 4.95. The molecule has 0 aliphatic carbocycles. The molecular weight excluding hydrogens is 337 g/mol. The summed E-state index contributed by atoms with van der Waals surface area (Å²) in [6.45, 7) is 5.40. The number of benzene rings is 1. The van der Waals surface area contributed by atoms with Crippen molar-refractivity contribution in [3.05, 3.63) is 41.3 Å². The summed E-state index contributed by atoms with van der Waals surface area (Å²) in [4.78, 5) is 20.3. The largest absolute Gasteiger partial charge is 0.492 e. The van der Waals surface area contributed by atoms with Crippen molar-refractivity contribution in [2.75, 3.05) is 6.61 Å². The molecule has 8 nitrogen and oxygen atoms in total. The number of hydrogen-bond donors (Lipinski definition) is 3. The summed E-state index contributed by atoms with van der Waals surface area (Å²) in [5.74, 6) is 0.317. The van der Waals surface area contributed by atoms with Crippen LogP contribution in [-0.2, 0) is 11.3 Å². The summed E-state index contributed by atoms with van der Waals surface area (Å²) in [5.41, 5.74) is 1.76. The van der Waals surface area contributed by atoms with Crippen molar-refractivity contribution in [3.8, 4) is 11.6 Å². The number of ether oxygens (including phenoxy) is 1. The molecule has 0 bridgehead atoms. The van der Waals surface area contributed by atoms with E-state index in [1.54, 1.807) is 19.9 Å². The number of nitrogens with one attached hydrogen (secondary N) is 1. The van der Waals surface area contributed by atoms with Gasteiger partial charge in [-0.3, -0.25) is 4.79 Å². The monoisotopic (exact) mass is 357 g/mol. The van der Waals surface area contributed by atoms with Crippen LogP contribution in [-0.4, -0.2) is 45.3 Å². The van der Waals surface area contributed by atoms with Crippen LogP contribution in [0.2, 0.25) is 0 Å². The molecule has 0 atom stereocenters. The third-order valence-corrected chi connectivity index (χ3v) is 4.12. The quantitative estimate of drug-likeness (QED) is 0.660. The van der Waals surface area contributed by atoms with E-state index in [9.17, 15) is 14.9 Å². The molecule has 0 radical (unpaired) electrons. The van der Waals surface area contributed by atoms with Gasteiger partial charge >= 0.3 is 7.12 Å². The maximum Gasteiger partial charge on any atom is 0.492 e. The molecule has 1 aromatic heterocycles. The zero-order valence-electron chi connectivity index (χ0n) is 14.8. The molecule has 1 amide bonds. The van der Waals surface area contributed by atoms with E-state index < -0.39 is 18.6 Å². The first-order chi connectivity index (χ1) is 12.3. The van der Waals surface area contributed by atoms with Crippen LogP contribution >= 0.6 is 0 Å². The molecule has 0 unspecified atom stereocenters. The highest BCUT2D eigenvalue weighted by Crippen LogP contribution is 2.25. The van der Waals surface area contributed by atoms with Crippen molar-refractivity contribution in [2.24, 2.45) is 0 Å². The summed E-state index contributed by atoms with van der Waals surface area (Å²) in [6, 6.07) is 3.61. The van der Waals surface area contributed by atoms with Gasteiger partial charge in [-0.15, -0.1) is 0 Å². The Morgan fingerprint density at radius 3 is 2.81 bits per heavy atom. The lowest BCUT2D eigenvalue weighted by atomic mass is 9.76. The Balaban J connectivity index is 1.75. The molecule has 0 fully saturated rings. The number of aromatic nitrogens is 2. The molecule has 2 heterocycles. The molecule has 3 N–H and O–H groups in total. The first-order valence-electron chi connectivity index (χ1n) is 8.16. The Morgan fingerprint density at radius 2 is 2.15 bits per heavy atom. The number of rotatable bonds is 5. The van der Waals surface area contributed by atoms with Gasteiger partial charge in [-0.05, 0) is 43.4 Å². The van der Waals surface area contributed by atoms with Crippen molar-refractivity contribution in [1.82, 2.24) is 15.3 Å². The maximum atomic E-state index is 12.1. The van der Waals surface area contributed by atoms with Crippen LogP contribution in [0, 0.1) is 6.92 Å². The first-order valence-corrected chi connectivity index (χ1v) is 8.16. The van der Waals surface area contributed by atoms with Gasteiger partial charge in [-0.25, -0.2) is 9.97 Å². The normalized spacial score (nSPS) is 13.5. The fraction of sp³-hybridized carbons (Fsp3) is 0.353. The van der Waals surface area contributed by atoms with Crippen LogP contribution in [0.25, 0.3) is 0 Å². The number of carbonyl (C=O) groups excluding carboxylic acids is 1. The molecule has 0 spiro atoms. The molecule has 0 saturated heterocycles. The third kappa shape index (κ3) is 3.69. The second-order valence-electron chi connectivity index (χ2n) is 6.76. The maximum absolute atomic E-state index is 12.1. The SMILES string of the molecule is Cc1c(Oc2cnc(C(=O)NC(C)(C)CO)cn2)ccc2c1B(O)OC2. The predicted molar refractivity (Wildman–Crippen MR) is 94.3 cm³/mol. The van der Waals surface area contributed by atoms with E-state index in [0.717, 1.165) is 11.1 Å². The van der Waals surface area contributed by atoms with Crippen molar-refractivity contribution >= 4 is 18.5 Å². The number of fused-ring (bicyclic) bond motifs is 1. The highest BCUT2D eigenvalue weighted by Gasteiger charge is 2.30. The van der Waals surface area contributed by atoms with Gasteiger partial charge in [0.15, 0.2) is 0 Å². The second-order valence-corrected chi connectivity index (χ2v) is 6.76. The van der Waals surface area contributed by atoms with Gasteiger partial charge in [0.2, 0.25) is 5.88 Å². The second kappa shape index (κ2) is 7.03. The van der Waals surface area contributed by atoms with Gasteiger partial charge in [-0.1, -0.05) is 6.07 Å². The van der Waals surface area contributed by atoms with Gasteiger partial charge < -0.3 is 24.8 Å². The lowest BCUT2D eigenvalue weighted by Crippen LogP contribution is -2.46. The van der Waals surface area contributed by atoms with Crippen LogP contribution in [0.15, 0.2) is 24.5 Å². The third-order valence-electron chi connectivity index (χ3n) is 4.12. The van der Waals surface area contributed by atoms with Crippen molar-refractivity contribution in [1.29, 1.82) is 0 Å². The fourth-order valence-electron chi connectivity index (χ4n) is 2.61. The summed E-state index contributed by atoms with van der Waals surface area (Å²) in [5, 5.41) is 21.8. The van der Waals surface area contributed by atoms with Gasteiger partial charge in [0.05, 0.1) is 31.1 Å². The lowest BCUT2D eigenvalue weighted by Gasteiger charge is -2.22. The molecule has 0 saturated carbocycles. The van der Waals surface area contributed by atoms with Crippen LogP contribution in [0.1, 0.15) is 35.5 Å². The molecule has 1 aliphatic heterocycles. The van der Waals surface area contributed by atoms with E-state index in [4.69, 9.17) is 9.39 Å². The van der Waals surface area contributed by atoms with E-state index >= 15 is 0 Å². The number of hydrogen-bond acceptors (Lipinski definition) is 7. The zero-order chi connectivity index (χ0) is 18.9. The molecule has 9 heteroatoms. The van der Waals surface area contributed by atoms with Gasteiger partial charge in [0.25, 0.3) is 5.91 Å². The van der Waals surface area contributed by atoms with Crippen LogP contribution in [0.4, 0.5) is 0 Å². The fourth-order valence-corrected chi connectivity index (χ4v) is 2.61. The smallest absolute Gasteiger partial charge is 0.437 e. The Labute approximate surface area is 151 Å². The van der Waals surface area contributed by atoms with Crippen LogP contribution in [0.3, 0.4) is 0 Å². The molecule has 136 valence electrons. The molecular formula is C17H20BN3O5. The van der Waals surface area contributed by atoms with Gasteiger partial charge in [0, 0.05) is 0 Å². The molecule has 3 rings (SSSR count). The Hall–Kier alpha value is -2.49. The highest BCUT2D eigenvalue weighted by atomic mass is 16.5. The van der Waals surface area contributed by atoms with Crippen molar-refractivity contribution in [2.45, 2.75) is 32.9 Å². The Morgan fingerprint density at radius 1 is 1.38 bits per heavy atom. The summed E-state index contributed by atoms with van der Waals surface area (Å²) in [7, 11) is -0.958. The average Bonchev–Trinajstić information content (AvgIpc) is 2.99. The van der Waals surface area contributed by atoms with E-state index in [2.05, 4.69) is 15.3 Å². The summed E-state index contributed by atoms with van der Waals surface area (Å²) >= 11 is 0. The minimum Gasteiger partial charge on any atom is -0.437 e. The predicted octanol–water partition coefficient (Wildman–Crippen LogP) is 0.296.